The highest BCUT2D eigenvalue weighted by atomic mass is 16.1. The average molecular weight is 156 g/mol. The summed E-state index contributed by atoms with van der Waals surface area (Å²) in [5.74, 6) is 0.0393. The van der Waals surface area contributed by atoms with Crippen LogP contribution in [0.4, 0.5) is 0 Å². The SMILES string of the molecule is [B]c1cccc(/C=C/C(C)=O)c1. The van der Waals surface area contributed by atoms with Crippen LogP contribution in [0.25, 0.3) is 6.08 Å². The highest BCUT2D eigenvalue weighted by molar-refractivity contribution is 6.32. The Morgan fingerprint density at radius 2 is 2.25 bits per heavy atom. The zero-order chi connectivity index (χ0) is 8.97. The maximum Gasteiger partial charge on any atom is 0.152 e. The van der Waals surface area contributed by atoms with Crippen molar-refractivity contribution in [2.45, 2.75) is 6.92 Å². The van der Waals surface area contributed by atoms with E-state index in [1.807, 2.05) is 24.3 Å². The molecule has 0 spiro atoms. The first-order chi connectivity index (χ1) is 5.68. The number of hydrogen-bond acceptors (Lipinski definition) is 1. The van der Waals surface area contributed by atoms with E-state index in [1.54, 1.807) is 6.08 Å². The summed E-state index contributed by atoms with van der Waals surface area (Å²) in [6.45, 7) is 1.52. The Balaban J connectivity index is 2.83. The van der Waals surface area contributed by atoms with Gasteiger partial charge in [0.15, 0.2) is 5.78 Å². The van der Waals surface area contributed by atoms with Crippen LogP contribution in [-0.4, -0.2) is 13.6 Å². The van der Waals surface area contributed by atoms with E-state index in [0.29, 0.717) is 5.46 Å². The molecule has 0 atom stereocenters. The standard InChI is InChI=1S/C10H9BO/c1-8(12)5-6-9-3-2-4-10(11)7-9/h2-7H,1H3/b6-5+. The zero-order valence-corrected chi connectivity index (χ0v) is 6.95. The Hall–Kier alpha value is -1.31. The van der Waals surface area contributed by atoms with Crippen LogP contribution in [0.15, 0.2) is 30.3 Å². The van der Waals surface area contributed by atoms with Gasteiger partial charge in [-0.1, -0.05) is 35.8 Å². The van der Waals surface area contributed by atoms with E-state index < -0.39 is 0 Å². The molecule has 1 aromatic carbocycles. The third-order valence-electron chi connectivity index (χ3n) is 1.42. The van der Waals surface area contributed by atoms with Gasteiger partial charge in [0.1, 0.15) is 7.85 Å². The second kappa shape index (κ2) is 3.91. The fourth-order valence-electron chi connectivity index (χ4n) is 0.876. The van der Waals surface area contributed by atoms with Gasteiger partial charge in [-0.05, 0) is 18.6 Å². The van der Waals surface area contributed by atoms with E-state index in [0.717, 1.165) is 5.56 Å². The molecule has 1 rings (SSSR count). The van der Waals surface area contributed by atoms with Crippen LogP contribution in [0.2, 0.25) is 0 Å². The number of carbonyl (C=O) groups excluding carboxylic acids is 1. The van der Waals surface area contributed by atoms with Crippen LogP contribution in [0, 0.1) is 0 Å². The Bertz CT molecular complexity index is 315. The van der Waals surface area contributed by atoms with Crippen molar-refractivity contribution in [1.29, 1.82) is 0 Å². The largest absolute Gasteiger partial charge is 0.295 e. The van der Waals surface area contributed by atoms with E-state index >= 15 is 0 Å². The predicted molar refractivity (Wildman–Crippen MR) is 51.5 cm³/mol. The van der Waals surface area contributed by atoms with Gasteiger partial charge < -0.3 is 0 Å². The van der Waals surface area contributed by atoms with Crippen LogP contribution < -0.4 is 5.46 Å². The summed E-state index contributed by atoms with van der Waals surface area (Å²) in [5.41, 5.74) is 1.66. The van der Waals surface area contributed by atoms with Crippen molar-refractivity contribution in [2.75, 3.05) is 0 Å². The number of hydrogen-bond donors (Lipinski definition) is 0. The number of benzene rings is 1. The van der Waals surface area contributed by atoms with E-state index in [-0.39, 0.29) is 5.78 Å². The second-order valence-electron chi connectivity index (χ2n) is 2.61. The number of carbonyl (C=O) groups is 1. The quantitative estimate of drug-likeness (QED) is 0.462. The van der Waals surface area contributed by atoms with E-state index in [1.165, 1.54) is 13.0 Å². The van der Waals surface area contributed by atoms with Crippen molar-refractivity contribution >= 4 is 25.2 Å². The lowest BCUT2D eigenvalue weighted by atomic mass is 9.94. The summed E-state index contributed by atoms with van der Waals surface area (Å²) in [4.78, 5) is 10.6. The summed E-state index contributed by atoms with van der Waals surface area (Å²) >= 11 is 0. The molecule has 0 saturated carbocycles. The van der Waals surface area contributed by atoms with Crippen molar-refractivity contribution in [2.24, 2.45) is 0 Å². The molecule has 2 radical (unpaired) electrons. The Kier molecular flexibility index (Phi) is 2.86. The summed E-state index contributed by atoms with van der Waals surface area (Å²) in [7, 11) is 5.55. The van der Waals surface area contributed by atoms with Crippen LogP contribution in [0.3, 0.4) is 0 Å². The van der Waals surface area contributed by atoms with Crippen molar-refractivity contribution in [3.05, 3.63) is 35.9 Å². The lowest BCUT2D eigenvalue weighted by Crippen LogP contribution is -2.00. The molecule has 1 aromatic rings. The molecule has 0 amide bonds. The summed E-state index contributed by atoms with van der Waals surface area (Å²) < 4.78 is 0. The molecule has 0 unspecified atom stereocenters. The third-order valence-corrected chi connectivity index (χ3v) is 1.42. The van der Waals surface area contributed by atoms with Gasteiger partial charge in [-0.15, -0.1) is 0 Å². The molecular formula is C10H9BO. The number of rotatable bonds is 2. The van der Waals surface area contributed by atoms with Gasteiger partial charge in [-0.25, -0.2) is 0 Å². The average Bonchev–Trinajstić information content (AvgIpc) is 2.01. The van der Waals surface area contributed by atoms with Crippen LogP contribution in [0.5, 0.6) is 0 Å². The minimum atomic E-state index is 0.0393. The normalized spacial score (nSPS) is 10.4. The van der Waals surface area contributed by atoms with E-state index in [9.17, 15) is 4.79 Å². The molecule has 2 heteroatoms. The molecule has 0 aliphatic carbocycles. The van der Waals surface area contributed by atoms with Gasteiger partial charge in [0, 0.05) is 0 Å². The number of allylic oxidation sites excluding steroid dienone is 1. The van der Waals surface area contributed by atoms with Crippen molar-refractivity contribution in [3.63, 3.8) is 0 Å². The monoisotopic (exact) mass is 156 g/mol. The minimum absolute atomic E-state index is 0.0393. The van der Waals surface area contributed by atoms with E-state index in [2.05, 4.69) is 0 Å². The first-order valence-electron chi connectivity index (χ1n) is 3.72. The van der Waals surface area contributed by atoms with E-state index in [4.69, 9.17) is 7.85 Å². The van der Waals surface area contributed by atoms with Crippen LogP contribution >= 0.6 is 0 Å². The Morgan fingerprint density at radius 1 is 1.50 bits per heavy atom. The fourth-order valence-corrected chi connectivity index (χ4v) is 0.876. The van der Waals surface area contributed by atoms with Crippen molar-refractivity contribution < 1.29 is 4.79 Å². The molecule has 1 nitrogen and oxygen atoms in total. The van der Waals surface area contributed by atoms with Crippen molar-refractivity contribution in [1.82, 2.24) is 0 Å². The maximum atomic E-state index is 10.6. The van der Waals surface area contributed by atoms with Crippen LogP contribution in [-0.2, 0) is 4.79 Å². The molecule has 58 valence electrons. The molecule has 0 fully saturated rings. The summed E-state index contributed by atoms with van der Waals surface area (Å²) in [6, 6.07) is 7.38. The highest BCUT2D eigenvalue weighted by Gasteiger charge is 1.87. The minimum Gasteiger partial charge on any atom is -0.295 e. The lowest BCUT2D eigenvalue weighted by Gasteiger charge is -1.94. The zero-order valence-electron chi connectivity index (χ0n) is 6.95. The Labute approximate surface area is 73.5 Å². The maximum absolute atomic E-state index is 10.6. The fraction of sp³-hybridized carbons (Fsp3) is 0.100. The van der Waals surface area contributed by atoms with Gasteiger partial charge in [0.2, 0.25) is 0 Å². The molecule has 0 bridgehead atoms. The first kappa shape index (κ1) is 8.79. The second-order valence-corrected chi connectivity index (χ2v) is 2.61. The van der Waals surface area contributed by atoms with Crippen molar-refractivity contribution in [3.8, 4) is 0 Å². The molecular weight excluding hydrogens is 147 g/mol. The molecule has 0 aliphatic rings. The predicted octanol–water partition coefficient (Wildman–Crippen LogP) is 1.08. The molecule has 0 aliphatic heterocycles. The lowest BCUT2D eigenvalue weighted by molar-refractivity contribution is -0.112. The Morgan fingerprint density at radius 3 is 2.83 bits per heavy atom. The molecule has 0 heterocycles. The molecule has 12 heavy (non-hydrogen) atoms. The summed E-state index contributed by atoms with van der Waals surface area (Å²) in [5, 5.41) is 0. The van der Waals surface area contributed by atoms with Gasteiger partial charge in [-0.3, -0.25) is 4.79 Å². The van der Waals surface area contributed by atoms with Gasteiger partial charge in [0.05, 0.1) is 0 Å². The van der Waals surface area contributed by atoms with Gasteiger partial charge in [0.25, 0.3) is 0 Å². The molecule has 0 N–H and O–H groups in total. The topological polar surface area (TPSA) is 17.1 Å². The first-order valence-corrected chi connectivity index (χ1v) is 3.72. The third kappa shape index (κ3) is 2.75. The molecule has 0 saturated heterocycles. The van der Waals surface area contributed by atoms with Gasteiger partial charge in [-0.2, -0.15) is 0 Å². The number of ketones is 1. The molecule has 0 aromatic heterocycles. The summed E-state index contributed by atoms with van der Waals surface area (Å²) in [6.07, 6.45) is 3.27. The van der Waals surface area contributed by atoms with Crippen LogP contribution in [0.1, 0.15) is 12.5 Å². The smallest absolute Gasteiger partial charge is 0.152 e. The van der Waals surface area contributed by atoms with Gasteiger partial charge >= 0.3 is 0 Å². The highest BCUT2D eigenvalue weighted by Crippen LogP contribution is 1.98.